The summed E-state index contributed by atoms with van der Waals surface area (Å²) in [6, 6.07) is 16.4. The van der Waals surface area contributed by atoms with E-state index in [1.54, 1.807) is 17.4 Å². The Labute approximate surface area is 157 Å². The van der Waals surface area contributed by atoms with Crippen LogP contribution in [0.2, 0.25) is 0 Å². The lowest BCUT2D eigenvalue weighted by Crippen LogP contribution is -2.32. The predicted molar refractivity (Wildman–Crippen MR) is 104 cm³/mol. The summed E-state index contributed by atoms with van der Waals surface area (Å²) in [5.41, 5.74) is 2.84. The molecule has 1 aromatic heterocycles. The van der Waals surface area contributed by atoms with Crippen molar-refractivity contribution in [2.45, 2.75) is 31.8 Å². The van der Waals surface area contributed by atoms with Gasteiger partial charge in [-0.2, -0.15) is 0 Å². The number of likely N-dealkylation sites (tertiary alicyclic amines) is 1. The lowest BCUT2D eigenvalue weighted by atomic mass is 10.0. The van der Waals surface area contributed by atoms with Crippen molar-refractivity contribution in [3.05, 3.63) is 64.7 Å². The van der Waals surface area contributed by atoms with E-state index in [9.17, 15) is 4.79 Å². The number of carbonyl (C=O) groups excluding carboxylic acids is 1. The number of rotatable bonds is 4. The summed E-state index contributed by atoms with van der Waals surface area (Å²) < 4.78 is 6.10. The van der Waals surface area contributed by atoms with Gasteiger partial charge >= 0.3 is 5.97 Å². The Morgan fingerprint density at radius 2 is 2.12 bits per heavy atom. The van der Waals surface area contributed by atoms with Crippen molar-refractivity contribution in [3.63, 3.8) is 0 Å². The number of methoxy groups -OCH3 is 1. The molecule has 0 aliphatic carbocycles. The maximum Gasteiger partial charge on any atom is 0.337 e. The van der Waals surface area contributed by atoms with Gasteiger partial charge < -0.3 is 4.74 Å². The molecule has 0 radical (unpaired) electrons. The van der Waals surface area contributed by atoms with Gasteiger partial charge in [0.1, 0.15) is 5.01 Å². The summed E-state index contributed by atoms with van der Waals surface area (Å²) >= 11 is 1.80. The van der Waals surface area contributed by atoms with Gasteiger partial charge in [-0.1, -0.05) is 30.7 Å². The second-order valence-corrected chi connectivity index (χ2v) is 7.76. The molecular formula is C21H22N2O2S. The molecule has 3 aromatic rings. The Morgan fingerprint density at radius 3 is 2.96 bits per heavy atom. The maximum absolute atomic E-state index is 11.8. The van der Waals surface area contributed by atoms with Gasteiger partial charge in [0.2, 0.25) is 0 Å². The molecule has 1 aliphatic heterocycles. The van der Waals surface area contributed by atoms with Crippen LogP contribution in [0, 0.1) is 0 Å². The van der Waals surface area contributed by atoms with Crippen LogP contribution in [-0.2, 0) is 11.3 Å². The Balaban J connectivity index is 1.59. The van der Waals surface area contributed by atoms with Crippen LogP contribution in [0.4, 0.5) is 0 Å². The summed E-state index contributed by atoms with van der Waals surface area (Å²) in [5, 5.41) is 1.20. The van der Waals surface area contributed by atoms with E-state index in [0.717, 1.165) is 30.6 Å². The molecule has 134 valence electrons. The summed E-state index contributed by atoms with van der Waals surface area (Å²) in [7, 11) is 1.42. The van der Waals surface area contributed by atoms with Crippen LogP contribution in [0.25, 0.3) is 10.2 Å². The number of para-hydroxylation sites is 1. The lowest BCUT2D eigenvalue weighted by molar-refractivity contribution is 0.0600. The predicted octanol–water partition coefficient (Wildman–Crippen LogP) is 4.81. The summed E-state index contributed by atoms with van der Waals surface area (Å²) in [5.74, 6) is -0.284. The second-order valence-electron chi connectivity index (χ2n) is 6.69. The fourth-order valence-corrected chi connectivity index (χ4v) is 4.78. The van der Waals surface area contributed by atoms with Crippen molar-refractivity contribution in [1.82, 2.24) is 9.88 Å². The highest BCUT2D eigenvalue weighted by molar-refractivity contribution is 7.18. The van der Waals surface area contributed by atoms with Crippen LogP contribution >= 0.6 is 11.3 Å². The van der Waals surface area contributed by atoms with Gasteiger partial charge in [-0.05, 0) is 49.2 Å². The maximum atomic E-state index is 11.8. The average molecular weight is 366 g/mol. The summed E-state index contributed by atoms with van der Waals surface area (Å²) in [6.07, 6.45) is 3.58. The first kappa shape index (κ1) is 17.2. The van der Waals surface area contributed by atoms with Gasteiger partial charge in [0.15, 0.2) is 0 Å². The van der Waals surface area contributed by atoms with Crippen molar-refractivity contribution in [2.24, 2.45) is 0 Å². The normalized spacial score (nSPS) is 18.1. The number of benzene rings is 2. The van der Waals surface area contributed by atoms with E-state index in [4.69, 9.17) is 9.72 Å². The zero-order chi connectivity index (χ0) is 17.9. The number of nitrogens with zero attached hydrogens (tertiary/aromatic N) is 2. The quantitative estimate of drug-likeness (QED) is 0.622. The van der Waals surface area contributed by atoms with E-state index < -0.39 is 0 Å². The van der Waals surface area contributed by atoms with Crippen molar-refractivity contribution in [2.75, 3.05) is 13.7 Å². The number of piperidine rings is 1. The Kier molecular flexibility index (Phi) is 5.00. The standard InChI is InChI=1S/C21H22N2O2S/c1-25-21(24)16-8-6-7-15(13-16)14-23-12-5-4-10-18(23)20-22-17-9-2-3-11-19(17)26-20/h2-3,6-9,11,13,18H,4-5,10,12,14H2,1H3/t18-/m0/s1. The number of thiazole rings is 1. The Hall–Kier alpha value is -2.24. The summed E-state index contributed by atoms with van der Waals surface area (Å²) in [4.78, 5) is 19.2. The number of fused-ring (bicyclic) bond motifs is 1. The second kappa shape index (κ2) is 7.56. The van der Waals surface area contributed by atoms with E-state index in [1.165, 1.54) is 29.7 Å². The number of carbonyl (C=O) groups is 1. The van der Waals surface area contributed by atoms with Crippen LogP contribution in [0.1, 0.15) is 46.2 Å². The highest BCUT2D eigenvalue weighted by Gasteiger charge is 2.27. The molecule has 0 spiro atoms. The molecule has 1 atom stereocenters. The third kappa shape index (κ3) is 3.50. The zero-order valence-electron chi connectivity index (χ0n) is 14.9. The van der Waals surface area contributed by atoms with Gasteiger partial charge in [0, 0.05) is 6.54 Å². The topological polar surface area (TPSA) is 42.4 Å². The zero-order valence-corrected chi connectivity index (χ0v) is 15.7. The van der Waals surface area contributed by atoms with Crippen molar-refractivity contribution >= 4 is 27.5 Å². The molecule has 1 aliphatic rings. The number of esters is 1. The SMILES string of the molecule is COC(=O)c1cccc(CN2CCCC[C@H]2c2nc3ccccc3s2)c1. The third-order valence-electron chi connectivity index (χ3n) is 4.94. The molecule has 0 saturated carbocycles. The van der Waals surface area contributed by atoms with Gasteiger partial charge in [-0.15, -0.1) is 11.3 Å². The summed E-state index contributed by atoms with van der Waals surface area (Å²) in [6.45, 7) is 1.88. The minimum Gasteiger partial charge on any atom is -0.465 e. The average Bonchev–Trinajstić information content (AvgIpc) is 3.12. The van der Waals surface area contributed by atoms with Crippen LogP contribution < -0.4 is 0 Å². The van der Waals surface area contributed by atoms with Crippen molar-refractivity contribution in [3.8, 4) is 0 Å². The molecule has 4 nitrogen and oxygen atoms in total. The molecule has 1 fully saturated rings. The number of aromatic nitrogens is 1. The number of hydrogen-bond donors (Lipinski definition) is 0. The van der Waals surface area contributed by atoms with E-state index in [2.05, 4.69) is 29.2 Å². The highest BCUT2D eigenvalue weighted by atomic mass is 32.1. The van der Waals surface area contributed by atoms with Crippen molar-refractivity contribution < 1.29 is 9.53 Å². The Morgan fingerprint density at radius 1 is 1.23 bits per heavy atom. The molecule has 4 rings (SSSR count). The number of ether oxygens (including phenoxy) is 1. The van der Waals surface area contributed by atoms with E-state index in [1.807, 2.05) is 18.2 Å². The minimum absolute atomic E-state index is 0.284. The Bertz CT molecular complexity index is 888. The lowest BCUT2D eigenvalue weighted by Gasteiger charge is -2.34. The molecule has 0 unspecified atom stereocenters. The van der Waals surface area contributed by atoms with E-state index >= 15 is 0 Å². The van der Waals surface area contributed by atoms with Gasteiger partial charge in [0.25, 0.3) is 0 Å². The first-order valence-electron chi connectivity index (χ1n) is 9.01. The first-order valence-corrected chi connectivity index (χ1v) is 9.83. The van der Waals surface area contributed by atoms with E-state index in [0.29, 0.717) is 11.6 Å². The molecule has 2 aromatic carbocycles. The number of hydrogen-bond acceptors (Lipinski definition) is 5. The molecule has 0 bridgehead atoms. The molecular weight excluding hydrogens is 344 g/mol. The smallest absolute Gasteiger partial charge is 0.337 e. The fourth-order valence-electron chi connectivity index (χ4n) is 3.64. The van der Waals surface area contributed by atoms with Crippen LogP contribution in [0.5, 0.6) is 0 Å². The van der Waals surface area contributed by atoms with Gasteiger partial charge in [0.05, 0.1) is 28.9 Å². The molecule has 26 heavy (non-hydrogen) atoms. The molecule has 0 N–H and O–H groups in total. The fraction of sp³-hybridized carbons (Fsp3) is 0.333. The molecule has 0 amide bonds. The first-order chi connectivity index (χ1) is 12.7. The van der Waals surface area contributed by atoms with Crippen LogP contribution in [0.3, 0.4) is 0 Å². The molecule has 2 heterocycles. The highest BCUT2D eigenvalue weighted by Crippen LogP contribution is 2.36. The molecule has 5 heteroatoms. The van der Waals surface area contributed by atoms with Crippen molar-refractivity contribution in [1.29, 1.82) is 0 Å². The largest absolute Gasteiger partial charge is 0.465 e. The minimum atomic E-state index is -0.284. The van der Waals surface area contributed by atoms with E-state index in [-0.39, 0.29) is 5.97 Å². The third-order valence-corrected chi connectivity index (χ3v) is 6.08. The monoisotopic (exact) mass is 366 g/mol. The van der Waals surface area contributed by atoms with Crippen LogP contribution in [0.15, 0.2) is 48.5 Å². The van der Waals surface area contributed by atoms with Gasteiger partial charge in [-0.25, -0.2) is 9.78 Å². The van der Waals surface area contributed by atoms with Gasteiger partial charge in [-0.3, -0.25) is 4.90 Å². The molecule has 1 saturated heterocycles. The van der Waals surface area contributed by atoms with Crippen LogP contribution in [-0.4, -0.2) is 29.5 Å².